The second-order valence-electron chi connectivity index (χ2n) is 3.50. The number of carbonyl (C=O) groups is 1. The zero-order valence-electron chi connectivity index (χ0n) is 9.39. The van der Waals surface area contributed by atoms with E-state index in [4.69, 9.17) is 5.73 Å². The monoisotopic (exact) mass is 249 g/mol. The van der Waals surface area contributed by atoms with E-state index in [1.54, 1.807) is 5.38 Å². The third kappa shape index (κ3) is 2.76. The molecule has 0 aliphatic rings. The Morgan fingerprint density at radius 2 is 1.94 bits per heavy atom. The molecule has 0 aliphatic heterocycles. The summed E-state index contributed by atoms with van der Waals surface area (Å²) in [4.78, 5) is 23.8. The second kappa shape index (κ2) is 4.46. The number of anilines is 2. The maximum absolute atomic E-state index is 11.7. The SMILES string of the molecule is Cc1cc(C)nc(NC(=O)c2csc(N)n2)n1. The molecule has 88 valence electrons. The van der Waals surface area contributed by atoms with Crippen LogP contribution in [0.5, 0.6) is 0 Å². The Kier molecular flexibility index (Phi) is 3.01. The molecule has 7 heteroatoms. The lowest BCUT2D eigenvalue weighted by Gasteiger charge is -2.03. The van der Waals surface area contributed by atoms with Crippen LogP contribution in [0.4, 0.5) is 11.1 Å². The molecule has 17 heavy (non-hydrogen) atoms. The van der Waals surface area contributed by atoms with Gasteiger partial charge in [0, 0.05) is 16.8 Å². The Bertz CT molecular complexity index is 545. The summed E-state index contributed by atoms with van der Waals surface area (Å²) in [5.74, 6) is -0.0815. The number of nitrogens with two attached hydrogens (primary N) is 1. The minimum absolute atomic E-state index is 0.273. The molecule has 2 heterocycles. The number of carbonyl (C=O) groups excluding carboxylic acids is 1. The average Bonchev–Trinajstić information content (AvgIpc) is 2.63. The number of amides is 1. The quantitative estimate of drug-likeness (QED) is 0.838. The molecule has 0 saturated heterocycles. The number of nitrogen functional groups attached to an aromatic ring is 1. The number of nitrogens with zero attached hydrogens (tertiary/aromatic N) is 3. The van der Waals surface area contributed by atoms with Crippen LogP contribution in [0.2, 0.25) is 0 Å². The van der Waals surface area contributed by atoms with Gasteiger partial charge in [0.05, 0.1) is 0 Å². The molecule has 0 spiro atoms. The molecule has 0 aliphatic carbocycles. The topological polar surface area (TPSA) is 93.8 Å². The van der Waals surface area contributed by atoms with Gasteiger partial charge in [0.1, 0.15) is 5.69 Å². The van der Waals surface area contributed by atoms with Crippen LogP contribution in [0.3, 0.4) is 0 Å². The second-order valence-corrected chi connectivity index (χ2v) is 4.39. The summed E-state index contributed by atoms with van der Waals surface area (Å²) in [6.45, 7) is 3.68. The third-order valence-corrected chi connectivity index (χ3v) is 2.64. The Morgan fingerprint density at radius 1 is 1.29 bits per heavy atom. The van der Waals surface area contributed by atoms with E-state index >= 15 is 0 Å². The summed E-state index contributed by atoms with van der Waals surface area (Å²) in [6, 6.07) is 1.83. The molecule has 0 radical (unpaired) electrons. The highest BCUT2D eigenvalue weighted by Gasteiger charge is 2.11. The first-order chi connectivity index (χ1) is 8.04. The van der Waals surface area contributed by atoms with Gasteiger partial charge in [-0.05, 0) is 19.9 Å². The number of hydrogen-bond donors (Lipinski definition) is 2. The van der Waals surface area contributed by atoms with Crippen molar-refractivity contribution in [2.75, 3.05) is 11.1 Å². The number of aromatic nitrogens is 3. The lowest BCUT2D eigenvalue weighted by atomic mass is 10.3. The summed E-state index contributed by atoms with van der Waals surface area (Å²) in [6.07, 6.45) is 0. The largest absolute Gasteiger partial charge is 0.375 e. The molecule has 3 N–H and O–H groups in total. The van der Waals surface area contributed by atoms with Crippen LogP contribution in [-0.4, -0.2) is 20.9 Å². The van der Waals surface area contributed by atoms with Crippen molar-refractivity contribution in [3.8, 4) is 0 Å². The number of hydrogen-bond acceptors (Lipinski definition) is 6. The van der Waals surface area contributed by atoms with Crippen LogP contribution in [0.1, 0.15) is 21.9 Å². The fourth-order valence-corrected chi connectivity index (χ4v) is 1.88. The molecule has 0 fully saturated rings. The van der Waals surface area contributed by atoms with Crippen molar-refractivity contribution in [3.05, 3.63) is 28.5 Å². The Labute approximate surface area is 102 Å². The van der Waals surface area contributed by atoms with Gasteiger partial charge in [-0.3, -0.25) is 10.1 Å². The van der Waals surface area contributed by atoms with E-state index in [0.717, 1.165) is 11.4 Å². The molecular weight excluding hydrogens is 238 g/mol. The van der Waals surface area contributed by atoms with Crippen molar-refractivity contribution >= 4 is 28.3 Å². The first-order valence-corrected chi connectivity index (χ1v) is 5.77. The normalized spacial score (nSPS) is 10.2. The Morgan fingerprint density at radius 3 is 2.47 bits per heavy atom. The summed E-state index contributed by atoms with van der Waals surface area (Å²) in [7, 11) is 0. The van der Waals surface area contributed by atoms with Gasteiger partial charge in [-0.1, -0.05) is 0 Å². The van der Waals surface area contributed by atoms with Gasteiger partial charge in [0.2, 0.25) is 5.95 Å². The van der Waals surface area contributed by atoms with Gasteiger partial charge < -0.3 is 5.73 Å². The molecule has 0 unspecified atom stereocenters. The minimum atomic E-state index is -0.358. The molecule has 0 atom stereocenters. The summed E-state index contributed by atoms with van der Waals surface area (Å²) in [5, 5.41) is 4.53. The molecule has 0 bridgehead atoms. The predicted octanol–water partition coefficient (Wildman–Crippen LogP) is 1.38. The fraction of sp³-hybridized carbons (Fsp3) is 0.200. The van der Waals surface area contributed by atoms with Crippen molar-refractivity contribution in [1.82, 2.24) is 15.0 Å². The highest BCUT2D eigenvalue weighted by atomic mass is 32.1. The molecule has 2 aromatic heterocycles. The van der Waals surface area contributed by atoms with Crippen LogP contribution in [0, 0.1) is 13.8 Å². The van der Waals surface area contributed by atoms with Crippen molar-refractivity contribution in [2.45, 2.75) is 13.8 Å². The van der Waals surface area contributed by atoms with E-state index in [0.29, 0.717) is 5.13 Å². The first kappa shape index (κ1) is 11.5. The van der Waals surface area contributed by atoms with Crippen LogP contribution in [0.15, 0.2) is 11.4 Å². The van der Waals surface area contributed by atoms with Crippen LogP contribution < -0.4 is 11.1 Å². The maximum atomic E-state index is 11.7. The summed E-state index contributed by atoms with van der Waals surface area (Å²) >= 11 is 1.21. The minimum Gasteiger partial charge on any atom is -0.375 e. The van der Waals surface area contributed by atoms with Crippen molar-refractivity contribution in [1.29, 1.82) is 0 Å². The third-order valence-electron chi connectivity index (χ3n) is 1.96. The van der Waals surface area contributed by atoms with E-state index < -0.39 is 0 Å². The number of nitrogens with one attached hydrogen (secondary N) is 1. The highest BCUT2D eigenvalue weighted by molar-refractivity contribution is 7.13. The van der Waals surface area contributed by atoms with E-state index in [2.05, 4.69) is 20.3 Å². The lowest BCUT2D eigenvalue weighted by molar-refractivity contribution is 0.102. The smallest absolute Gasteiger partial charge is 0.277 e. The molecule has 0 saturated carbocycles. The van der Waals surface area contributed by atoms with Crippen LogP contribution in [-0.2, 0) is 0 Å². The molecule has 6 nitrogen and oxygen atoms in total. The zero-order valence-corrected chi connectivity index (χ0v) is 10.2. The average molecular weight is 249 g/mol. The Balaban J connectivity index is 2.18. The Hall–Kier alpha value is -2.02. The van der Waals surface area contributed by atoms with Crippen molar-refractivity contribution in [3.63, 3.8) is 0 Å². The van der Waals surface area contributed by atoms with E-state index in [1.165, 1.54) is 11.3 Å². The van der Waals surface area contributed by atoms with Gasteiger partial charge in [0.15, 0.2) is 5.13 Å². The predicted molar refractivity (Wildman–Crippen MR) is 66.0 cm³/mol. The number of rotatable bonds is 2. The lowest BCUT2D eigenvalue weighted by Crippen LogP contribution is -2.15. The van der Waals surface area contributed by atoms with Gasteiger partial charge in [-0.25, -0.2) is 15.0 Å². The van der Waals surface area contributed by atoms with Crippen molar-refractivity contribution in [2.24, 2.45) is 0 Å². The molecule has 1 amide bonds. The van der Waals surface area contributed by atoms with Crippen LogP contribution >= 0.6 is 11.3 Å². The van der Waals surface area contributed by atoms with Gasteiger partial charge >= 0.3 is 0 Å². The summed E-state index contributed by atoms with van der Waals surface area (Å²) in [5.41, 5.74) is 7.32. The van der Waals surface area contributed by atoms with Crippen LogP contribution in [0.25, 0.3) is 0 Å². The first-order valence-electron chi connectivity index (χ1n) is 4.89. The number of thiazole rings is 1. The van der Waals surface area contributed by atoms with E-state index in [-0.39, 0.29) is 17.5 Å². The van der Waals surface area contributed by atoms with Gasteiger partial charge in [-0.15, -0.1) is 11.3 Å². The summed E-state index contributed by atoms with van der Waals surface area (Å²) < 4.78 is 0. The standard InChI is InChI=1S/C10H11N5OS/c1-5-3-6(2)13-10(12-5)15-8(16)7-4-17-9(11)14-7/h3-4H,1-2H3,(H2,11,14)(H,12,13,15,16). The highest BCUT2D eigenvalue weighted by Crippen LogP contribution is 2.12. The van der Waals surface area contributed by atoms with Crippen molar-refractivity contribution < 1.29 is 4.79 Å². The maximum Gasteiger partial charge on any atom is 0.277 e. The van der Waals surface area contributed by atoms with Gasteiger partial charge in [0.25, 0.3) is 5.91 Å². The molecular formula is C10H11N5OS. The van der Waals surface area contributed by atoms with Gasteiger partial charge in [-0.2, -0.15) is 0 Å². The van der Waals surface area contributed by atoms with E-state index in [9.17, 15) is 4.79 Å². The molecule has 2 rings (SSSR count). The van der Waals surface area contributed by atoms with E-state index in [1.807, 2.05) is 19.9 Å². The number of aryl methyl sites for hydroxylation is 2. The fourth-order valence-electron chi connectivity index (χ4n) is 1.34. The molecule has 0 aromatic carbocycles. The molecule has 2 aromatic rings. The zero-order chi connectivity index (χ0) is 12.4.